The Morgan fingerprint density at radius 1 is 1.17 bits per heavy atom. The molecule has 1 amide bonds. The molecular weight excluding hydrogens is 377 g/mol. The number of likely N-dealkylation sites (tertiary alicyclic amines) is 1. The molecule has 1 aromatic heterocycles. The fourth-order valence-electron chi connectivity index (χ4n) is 4.07. The van der Waals surface area contributed by atoms with Gasteiger partial charge >= 0.3 is 0 Å². The van der Waals surface area contributed by atoms with Crippen LogP contribution in [0.1, 0.15) is 48.2 Å². The summed E-state index contributed by atoms with van der Waals surface area (Å²) in [5.41, 5.74) is 4.78. The van der Waals surface area contributed by atoms with Crippen molar-refractivity contribution < 1.29 is 9.18 Å². The first kappa shape index (κ1) is 20.1. The molecule has 30 heavy (non-hydrogen) atoms. The summed E-state index contributed by atoms with van der Waals surface area (Å²) in [5, 5.41) is 0. The van der Waals surface area contributed by atoms with Gasteiger partial charge in [0.25, 0.3) is 0 Å². The summed E-state index contributed by atoms with van der Waals surface area (Å²) in [6, 6.07) is 13.3. The average molecular weight is 404 g/mol. The smallest absolute Gasteiger partial charge is 0.250 e. The number of hydrogen-bond donors (Lipinski definition) is 0. The molecule has 4 rings (SSSR count). The maximum Gasteiger partial charge on any atom is 0.250 e. The van der Waals surface area contributed by atoms with Gasteiger partial charge in [0, 0.05) is 23.9 Å². The van der Waals surface area contributed by atoms with E-state index in [9.17, 15) is 9.18 Å². The quantitative estimate of drug-likeness (QED) is 0.548. The number of carbonyl (C=O) groups is 1. The predicted molar refractivity (Wildman–Crippen MR) is 117 cm³/mol. The summed E-state index contributed by atoms with van der Waals surface area (Å²) in [5.74, 6) is -0.348. The third-order valence-corrected chi connectivity index (χ3v) is 5.77. The molecule has 1 atom stereocenters. The molecule has 0 bridgehead atoms. The number of halogens is 1. The molecule has 1 saturated heterocycles. The molecule has 2 heterocycles. The highest BCUT2D eigenvalue weighted by atomic mass is 19.1. The Morgan fingerprint density at radius 2 is 1.93 bits per heavy atom. The van der Waals surface area contributed by atoms with Gasteiger partial charge in [-0.1, -0.05) is 30.3 Å². The Balaban J connectivity index is 1.62. The normalized spacial score (nSPS) is 16.9. The molecule has 2 aromatic carbocycles. The van der Waals surface area contributed by atoms with Gasteiger partial charge in [-0.15, -0.1) is 0 Å². The zero-order chi connectivity index (χ0) is 21.3. The van der Waals surface area contributed by atoms with Crippen molar-refractivity contribution in [2.45, 2.75) is 39.7 Å². The lowest BCUT2D eigenvalue weighted by molar-refractivity contribution is -0.130. The molecule has 1 fully saturated rings. The van der Waals surface area contributed by atoms with Gasteiger partial charge in [0.2, 0.25) is 5.91 Å². The van der Waals surface area contributed by atoms with E-state index in [1.54, 1.807) is 18.5 Å². The van der Waals surface area contributed by atoms with Crippen molar-refractivity contribution in [3.8, 4) is 5.69 Å². The molecule has 0 saturated carbocycles. The van der Waals surface area contributed by atoms with E-state index in [2.05, 4.69) is 4.98 Å². The molecule has 0 spiro atoms. The molecule has 1 aliphatic heterocycles. The van der Waals surface area contributed by atoms with Crippen LogP contribution in [0.5, 0.6) is 0 Å². The van der Waals surface area contributed by atoms with Gasteiger partial charge < -0.3 is 9.47 Å². The summed E-state index contributed by atoms with van der Waals surface area (Å²) >= 11 is 0. The molecule has 4 nitrogen and oxygen atoms in total. The molecule has 0 aliphatic carbocycles. The maximum atomic E-state index is 14.9. The van der Waals surface area contributed by atoms with Crippen LogP contribution in [0.2, 0.25) is 0 Å². The average Bonchev–Trinajstić information content (AvgIpc) is 3.18. The summed E-state index contributed by atoms with van der Waals surface area (Å²) in [6.45, 7) is 6.60. The van der Waals surface area contributed by atoms with Gasteiger partial charge in [-0.05, 0) is 62.9 Å². The number of carbonyl (C=O) groups excluding carboxylic acids is 1. The minimum Gasteiger partial charge on any atom is -0.332 e. The molecule has 5 heteroatoms. The van der Waals surface area contributed by atoms with Crippen LogP contribution in [0.15, 0.2) is 60.6 Å². The van der Waals surface area contributed by atoms with Crippen LogP contribution in [0.3, 0.4) is 0 Å². The van der Waals surface area contributed by atoms with Crippen LogP contribution in [-0.2, 0) is 4.79 Å². The van der Waals surface area contributed by atoms with Crippen molar-refractivity contribution in [2.24, 2.45) is 0 Å². The number of aryl methyl sites for hydroxylation is 2. The number of imidazole rings is 1. The summed E-state index contributed by atoms with van der Waals surface area (Å²) in [6.07, 6.45) is 6.81. The van der Waals surface area contributed by atoms with E-state index in [1.165, 1.54) is 6.07 Å². The SMILES string of the molecule is Cc1cn(-c2cc(F)c(/C=C3\CCCN([C@@H](C)c4ccccc4)C3=O)cc2C)cn1. The number of hydrogen-bond acceptors (Lipinski definition) is 2. The number of benzene rings is 2. The second-order valence-corrected chi connectivity index (χ2v) is 7.94. The number of nitrogens with zero attached hydrogens (tertiary/aromatic N) is 3. The highest BCUT2D eigenvalue weighted by Gasteiger charge is 2.28. The standard InChI is InChI=1S/C25H26FN3O/c1-17-12-22(23(26)14-24(17)28-15-18(2)27-16-28)13-21-10-7-11-29(25(21)30)19(3)20-8-5-4-6-9-20/h4-6,8-9,12-16,19H,7,10-11H2,1-3H3/b21-13+/t19-/m0/s1. The highest BCUT2D eigenvalue weighted by Crippen LogP contribution is 2.29. The Labute approximate surface area is 176 Å². The number of aromatic nitrogens is 2. The minimum absolute atomic E-state index is 0.0102. The molecule has 154 valence electrons. The molecule has 3 aromatic rings. The van der Waals surface area contributed by atoms with Gasteiger partial charge in [0.15, 0.2) is 0 Å². The second kappa shape index (κ2) is 8.27. The van der Waals surface area contributed by atoms with Crippen LogP contribution in [0.25, 0.3) is 11.8 Å². The third kappa shape index (κ3) is 3.92. The van der Waals surface area contributed by atoms with Crippen molar-refractivity contribution in [3.05, 3.63) is 88.8 Å². The van der Waals surface area contributed by atoms with Crippen LogP contribution < -0.4 is 0 Å². The minimum atomic E-state index is -0.338. The van der Waals surface area contributed by atoms with Crippen molar-refractivity contribution >= 4 is 12.0 Å². The Kier molecular flexibility index (Phi) is 5.53. The third-order valence-electron chi connectivity index (χ3n) is 5.77. The van der Waals surface area contributed by atoms with Gasteiger partial charge in [-0.3, -0.25) is 4.79 Å². The summed E-state index contributed by atoms with van der Waals surface area (Å²) in [7, 11) is 0. The number of piperidine rings is 1. The fraction of sp³-hybridized carbons (Fsp3) is 0.280. The van der Waals surface area contributed by atoms with E-state index < -0.39 is 0 Å². The van der Waals surface area contributed by atoms with Crippen molar-refractivity contribution in [1.29, 1.82) is 0 Å². The topological polar surface area (TPSA) is 38.1 Å². The molecule has 0 unspecified atom stereocenters. The van der Waals surface area contributed by atoms with E-state index >= 15 is 0 Å². The summed E-state index contributed by atoms with van der Waals surface area (Å²) in [4.78, 5) is 19.3. The van der Waals surface area contributed by atoms with E-state index in [1.807, 2.05) is 66.8 Å². The van der Waals surface area contributed by atoms with Gasteiger partial charge in [0.05, 0.1) is 23.8 Å². The van der Waals surface area contributed by atoms with E-state index in [0.29, 0.717) is 24.1 Å². The Hall–Kier alpha value is -3.21. The Bertz CT molecular complexity index is 1100. The molecule has 1 aliphatic rings. The Morgan fingerprint density at radius 3 is 2.63 bits per heavy atom. The lowest BCUT2D eigenvalue weighted by atomic mass is 9.96. The zero-order valence-electron chi connectivity index (χ0n) is 17.6. The van der Waals surface area contributed by atoms with Crippen LogP contribution >= 0.6 is 0 Å². The largest absolute Gasteiger partial charge is 0.332 e. The van der Waals surface area contributed by atoms with Gasteiger partial charge in [0.1, 0.15) is 5.82 Å². The number of rotatable bonds is 4. The highest BCUT2D eigenvalue weighted by molar-refractivity contribution is 5.98. The summed E-state index contributed by atoms with van der Waals surface area (Å²) < 4.78 is 16.7. The zero-order valence-corrected chi connectivity index (χ0v) is 17.6. The molecular formula is C25H26FN3O. The van der Waals surface area contributed by atoms with E-state index in [-0.39, 0.29) is 17.8 Å². The lowest BCUT2D eigenvalue weighted by Gasteiger charge is -2.34. The number of amides is 1. The van der Waals surface area contributed by atoms with Crippen LogP contribution in [0.4, 0.5) is 4.39 Å². The van der Waals surface area contributed by atoms with Crippen LogP contribution in [0, 0.1) is 19.7 Å². The van der Waals surface area contributed by atoms with Crippen molar-refractivity contribution in [2.75, 3.05) is 6.54 Å². The molecule has 0 radical (unpaired) electrons. The van der Waals surface area contributed by atoms with Crippen LogP contribution in [-0.4, -0.2) is 26.9 Å². The lowest BCUT2D eigenvalue weighted by Crippen LogP contribution is -2.38. The van der Waals surface area contributed by atoms with Crippen molar-refractivity contribution in [3.63, 3.8) is 0 Å². The first-order chi connectivity index (χ1) is 14.4. The first-order valence-electron chi connectivity index (χ1n) is 10.3. The monoisotopic (exact) mass is 403 g/mol. The van der Waals surface area contributed by atoms with Gasteiger partial charge in [-0.2, -0.15) is 0 Å². The van der Waals surface area contributed by atoms with Crippen molar-refractivity contribution in [1.82, 2.24) is 14.5 Å². The van der Waals surface area contributed by atoms with E-state index in [0.717, 1.165) is 28.9 Å². The maximum absolute atomic E-state index is 14.9. The first-order valence-corrected chi connectivity index (χ1v) is 10.3. The second-order valence-electron chi connectivity index (χ2n) is 7.94. The predicted octanol–water partition coefficient (Wildman–Crippen LogP) is 5.40. The van der Waals surface area contributed by atoms with E-state index in [4.69, 9.17) is 0 Å². The van der Waals surface area contributed by atoms with Gasteiger partial charge in [-0.25, -0.2) is 9.37 Å². The molecule has 0 N–H and O–H groups in total. The fourth-order valence-corrected chi connectivity index (χ4v) is 4.07.